The van der Waals surface area contributed by atoms with Crippen molar-refractivity contribution in [3.8, 4) is 0 Å². The molecule has 114 valence electrons. The molecular weight excluding hydrogens is 283 g/mol. The zero-order valence-corrected chi connectivity index (χ0v) is 12.8. The number of carbonyl (C=O) groups excluding carboxylic acids is 1. The van der Waals surface area contributed by atoms with E-state index in [-0.39, 0.29) is 36.2 Å². The van der Waals surface area contributed by atoms with Gasteiger partial charge in [0.25, 0.3) is 0 Å². The SMILES string of the molecule is COCC(N)C(=O)NCC(C)(C)c1ccc(F)cc1.Cl. The lowest BCUT2D eigenvalue weighted by molar-refractivity contribution is -0.123. The number of methoxy groups -OCH3 is 1. The highest BCUT2D eigenvalue weighted by Gasteiger charge is 2.23. The monoisotopic (exact) mass is 304 g/mol. The van der Waals surface area contributed by atoms with Crippen LogP contribution in [0, 0.1) is 5.82 Å². The van der Waals surface area contributed by atoms with Gasteiger partial charge >= 0.3 is 0 Å². The Labute approximate surface area is 125 Å². The summed E-state index contributed by atoms with van der Waals surface area (Å²) >= 11 is 0. The van der Waals surface area contributed by atoms with Crippen LogP contribution in [0.15, 0.2) is 24.3 Å². The lowest BCUT2D eigenvalue weighted by atomic mass is 9.84. The van der Waals surface area contributed by atoms with Crippen LogP contribution in [0.2, 0.25) is 0 Å². The molecule has 6 heteroatoms. The predicted molar refractivity (Wildman–Crippen MR) is 79.5 cm³/mol. The van der Waals surface area contributed by atoms with Gasteiger partial charge in [0.15, 0.2) is 0 Å². The van der Waals surface area contributed by atoms with Gasteiger partial charge < -0.3 is 15.8 Å². The number of benzene rings is 1. The third-order valence-electron chi connectivity index (χ3n) is 3.01. The van der Waals surface area contributed by atoms with Crippen LogP contribution in [0.3, 0.4) is 0 Å². The van der Waals surface area contributed by atoms with Crippen LogP contribution < -0.4 is 11.1 Å². The number of nitrogens with two attached hydrogens (primary N) is 1. The molecule has 0 fully saturated rings. The standard InChI is InChI=1S/C14H21FN2O2.ClH/c1-14(2,10-4-6-11(15)7-5-10)9-17-13(18)12(16)8-19-3;/h4-7,12H,8-9,16H2,1-3H3,(H,17,18);1H. The number of carbonyl (C=O) groups is 1. The second-order valence-corrected chi connectivity index (χ2v) is 5.17. The molecule has 0 aliphatic rings. The second-order valence-electron chi connectivity index (χ2n) is 5.17. The number of amides is 1. The van der Waals surface area contributed by atoms with Gasteiger partial charge in [-0.05, 0) is 17.7 Å². The Kier molecular flexibility index (Phi) is 7.71. The summed E-state index contributed by atoms with van der Waals surface area (Å²) in [6.45, 7) is 4.56. The molecular formula is C14H22ClFN2O2. The van der Waals surface area contributed by atoms with Gasteiger partial charge in [-0.2, -0.15) is 0 Å². The zero-order valence-electron chi connectivity index (χ0n) is 12.0. The fraction of sp³-hybridized carbons (Fsp3) is 0.500. The van der Waals surface area contributed by atoms with Crippen molar-refractivity contribution in [2.75, 3.05) is 20.3 Å². The van der Waals surface area contributed by atoms with Crippen molar-refractivity contribution >= 4 is 18.3 Å². The number of ether oxygens (including phenoxy) is 1. The molecule has 1 atom stereocenters. The summed E-state index contributed by atoms with van der Waals surface area (Å²) in [5, 5.41) is 2.78. The Morgan fingerprint density at radius 3 is 2.45 bits per heavy atom. The van der Waals surface area contributed by atoms with Crippen molar-refractivity contribution in [1.82, 2.24) is 5.32 Å². The quantitative estimate of drug-likeness (QED) is 0.839. The molecule has 1 rings (SSSR count). The van der Waals surface area contributed by atoms with Gasteiger partial charge in [-0.3, -0.25) is 4.79 Å². The first kappa shape index (κ1) is 18.8. The van der Waals surface area contributed by atoms with E-state index < -0.39 is 6.04 Å². The van der Waals surface area contributed by atoms with Gasteiger partial charge in [-0.15, -0.1) is 12.4 Å². The lowest BCUT2D eigenvalue weighted by Crippen LogP contribution is -2.47. The molecule has 4 nitrogen and oxygen atoms in total. The Balaban J connectivity index is 0.00000361. The molecule has 1 amide bonds. The van der Waals surface area contributed by atoms with Crippen molar-refractivity contribution in [1.29, 1.82) is 0 Å². The van der Waals surface area contributed by atoms with Crippen LogP contribution in [0.25, 0.3) is 0 Å². The van der Waals surface area contributed by atoms with Crippen LogP contribution in [-0.2, 0) is 14.9 Å². The lowest BCUT2D eigenvalue weighted by Gasteiger charge is -2.26. The van der Waals surface area contributed by atoms with Crippen molar-refractivity contribution < 1.29 is 13.9 Å². The van der Waals surface area contributed by atoms with E-state index in [2.05, 4.69) is 5.32 Å². The van der Waals surface area contributed by atoms with E-state index in [0.717, 1.165) is 5.56 Å². The topological polar surface area (TPSA) is 64.3 Å². The number of hydrogen-bond acceptors (Lipinski definition) is 3. The minimum Gasteiger partial charge on any atom is -0.383 e. The summed E-state index contributed by atoms with van der Waals surface area (Å²) in [5.41, 5.74) is 6.29. The zero-order chi connectivity index (χ0) is 14.5. The molecule has 3 N–H and O–H groups in total. The number of nitrogens with one attached hydrogen (secondary N) is 1. The van der Waals surface area contributed by atoms with E-state index in [4.69, 9.17) is 10.5 Å². The maximum atomic E-state index is 12.9. The van der Waals surface area contributed by atoms with Crippen molar-refractivity contribution in [3.05, 3.63) is 35.6 Å². The highest BCUT2D eigenvalue weighted by molar-refractivity contribution is 5.85. The van der Waals surface area contributed by atoms with Gasteiger partial charge in [0.05, 0.1) is 6.61 Å². The van der Waals surface area contributed by atoms with Crippen LogP contribution in [0.4, 0.5) is 4.39 Å². The van der Waals surface area contributed by atoms with E-state index in [0.29, 0.717) is 6.54 Å². The first-order valence-electron chi connectivity index (χ1n) is 6.15. The minimum atomic E-state index is -0.672. The molecule has 0 aliphatic carbocycles. The first-order valence-corrected chi connectivity index (χ1v) is 6.15. The summed E-state index contributed by atoms with van der Waals surface area (Å²) in [5.74, 6) is -0.525. The highest BCUT2D eigenvalue weighted by Crippen LogP contribution is 2.22. The fourth-order valence-electron chi connectivity index (χ4n) is 1.70. The molecule has 0 aromatic heterocycles. The molecule has 1 unspecified atom stereocenters. The third kappa shape index (κ3) is 5.45. The summed E-state index contributed by atoms with van der Waals surface area (Å²) < 4.78 is 17.7. The molecule has 0 radical (unpaired) electrons. The summed E-state index contributed by atoms with van der Waals surface area (Å²) in [6.07, 6.45) is 0. The van der Waals surface area contributed by atoms with Gasteiger partial charge in [0.2, 0.25) is 5.91 Å². The van der Waals surface area contributed by atoms with Crippen molar-refractivity contribution in [2.45, 2.75) is 25.3 Å². The van der Waals surface area contributed by atoms with Crippen molar-refractivity contribution in [3.63, 3.8) is 0 Å². The predicted octanol–water partition coefficient (Wildman–Crippen LogP) is 1.62. The summed E-state index contributed by atoms with van der Waals surface area (Å²) in [7, 11) is 1.50. The molecule has 0 heterocycles. The molecule has 0 saturated carbocycles. The number of hydrogen-bond donors (Lipinski definition) is 2. The first-order chi connectivity index (χ1) is 8.86. The molecule has 0 spiro atoms. The normalized spacial score (nSPS) is 12.4. The van der Waals surface area contributed by atoms with E-state index in [1.165, 1.54) is 19.2 Å². The average molecular weight is 305 g/mol. The van der Waals surface area contributed by atoms with Crippen LogP contribution in [0.1, 0.15) is 19.4 Å². The van der Waals surface area contributed by atoms with Gasteiger partial charge in [-0.1, -0.05) is 26.0 Å². The number of halogens is 2. The average Bonchev–Trinajstić information content (AvgIpc) is 2.37. The van der Waals surface area contributed by atoms with E-state index in [9.17, 15) is 9.18 Å². The van der Waals surface area contributed by atoms with Gasteiger partial charge in [0.1, 0.15) is 11.9 Å². The maximum Gasteiger partial charge on any atom is 0.239 e. The largest absolute Gasteiger partial charge is 0.383 e. The molecule has 1 aromatic carbocycles. The number of rotatable bonds is 6. The fourth-order valence-corrected chi connectivity index (χ4v) is 1.70. The highest BCUT2D eigenvalue weighted by atomic mass is 35.5. The Hall–Kier alpha value is -1.17. The smallest absolute Gasteiger partial charge is 0.239 e. The molecule has 0 bridgehead atoms. The summed E-state index contributed by atoms with van der Waals surface area (Å²) in [6, 6.07) is 5.59. The van der Waals surface area contributed by atoms with E-state index in [1.807, 2.05) is 13.8 Å². The summed E-state index contributed by atoms with van der Waals surface area (Å²) in [4.78, 5) is 11.7. The minimum absolute atomic E-state index is 0. The van der Waals surface area contributed by atoms with Gasteiger partial charge in [0, 0.05) is 19.1 Å². The van der Waals surface area contributed by atoms with E-state index in [1.54, 1.807) is 12.1 Å². The van der Waals surface area contributed by atoms with E-state index >= 15 is 0 Å². The van der Waals surface area contributed by atoms with Crippen molar-refractivity contribution in [2.24, 2.45) is 5.73 Å². The van der Waals surface area contributed by atoms with Crippen LogP contribution >= 0.6 is 12.4 Å². The molecule has 1 aromatic rings. The molecule has 0 saturated heterocycles. The second kappa shape index (κ2) is 8.19. The van der Waals surface area contributed by atoms with Crippen LogP contribution in [0.5, 0.6) is 0 Å². The maximum absolute atomic E-state index is 12.9. The Morgan fingerprint density at radius 2 is 1.95 bits per heavy atom. The molecule has 20 heavy (non-hydrogen) atoms. The Bertz CT molecular complexity index is 424. The van der Waals surface area contributed by atoms with Crippen LogP contribution in [-0.4, -0.2) is 32.2 Å². The Morgan fingerprint density at radius 1 is 1.40 bits per heavy atom. The molecule has 0 aliphatic heterocycles. The third-order valence-corrected chi connectivity index (χ3v) is 3.01. The van der Waals surface area contributed by atoms with Gasteiger partial charge in [-0.25, -0.2) is 4.39 Å².